The van der Waals surface area contributed by atoms with Gasteiger partial charge in [-0.25, -0.2) is 0 Å². The summed E-state index contributed by atoms with van der Waals surface area (Å²) in [7, 11) is 0. The van der Waals surface area contributed by atoms with Crippen LogP contribution in [0.2, 0.25) is 0 Å². The van der Waals surface area contributed by atoms with Crippen molar-refractivity contribution in [2.45, 2.75) is 58.4 Å². The van der Waals surface area contributed by atoms with Gasteiger partial charge >= 0.3 is 0 Å². The minimum Gasteiger partial charge on any atom is -0.313 e. The number of hydrogen-bond acceptors (Lipinski definition) is 1. The molecule has 0 heterocycles. The summed E-state index contributed by atoms with van der Waals surface area (Å²) in [6.45, 7) is 6.18. The highest BCUT2D eigenvalue weighted by atomic mass is 14.9. The normalized spacial score (nSPS) is 51.4. The van der Waals surface area contributed by atoms with E-state index in [0.29, 0.717) is 0 Å². The van der Waals surface area contributed by atoms with Gasteiger partial charge in [0.25, 0.3) is 0 Å². The molecule has 0 saturated heterocycles. The van der Waals surface area contributed by atoms with Gasteiger partial charge in [0.15, 0.2) is 0 Å². The summed E-state index contributed by atoms with van der Waals surface area (Å²) >= 11 is 0. The molecule has 3 aliphatic carbocycles. The molecule has 1 nitrogen and oxygen atoms in total. The van der Waals surface area contributed by atoms with Gasteiger partial charge in [-0.1, -0.05) is 20.3 Å². The summed E-state index contributed by atoms with van der Waals surface area (Å²) in [5.74, 6) is 5.07. The predicted octanol–water partition coefficient (Wildman–Crippen LogP) is 3.45. The molecule has 3 rings (SSSR count). The van der Waals surface area contributed by atoms with E-state index in [9.17, 15) is 0 Å². The maximum absolute atomic E-state index is 3.89. The van der Waals surface area contributed by atoms with E-state index in [2.05, 4.69) is 19.2 Å². The van der Waals surface area contributed by atoms with Gasteiger partial charge in [-0.15, -0.1) is 0 Å². The number of rotatable bonds is 3. The van der Waals surface area contributed by atoms with Crippen LogP contribution in [0.25, 0.3) is 0 Å². The van der Waals surface area contributed by atoms with E-state index in [1.807, 2.05) is 0 Å². The first-order chi connectivity index (χ1) is 7.74. The largest absolute Gasteiger partial charge is 0.313 e. The van der Waals surface area contributed by atoms with Crippen LogP contribution in [-0.4, -0.2) is 12.6 Å². The molecule has 0 spiro atoms. The molecule has 1 N–H and O–H groups in total. The third-order valence-corrected chi connectivity index (χ3v) is 5.99. The molecule has 92 valence electrons. The minimum atomic E-state index is 0.828. The van der Waals surface area contributed by atoms with Gasteiger partial charge < -0.3 is 5.32 Å². The molecule has 0 aliphatic heterocycles. The second kappa shape index (κ2) is 4.33. The molecule has 3 fully saturated rings. The molecule has 0 amide bonds. The van der Waals surface area contributed by atoms with Crippen LogP contribution in [-0.2, 0) is 0 Å². The lowest BCUT2D eigenvalue weighted by molar-refractivity contribution is 0.285. The molecule has 6 unspecified atom stereocenters. The number of hydrogen-bond donors (Lipinski definition) is 1. The highest BCUT2D eigenvalue weighted by Crippen LogP contribution is 2.48. The predicted molar refractivity (Wildman–Crippen MR) is 68.3 cm³/mol. The van der Waals surface area contributed by atoms with Gasteiger partial charge in [0.2, 0.25) is 0 Å². The molecule has 2 bridgehead atoms. The Kier molecular flexibility index (Phi) is 2.99. The third kappa shape index (κ3) is 1.92. The van der Waals surface area contributed by atoms with E-state index in [-0.39, 0.29) is 0 Å². The minimum absolute atomic E-state index is 0.828. The molecule has 16 heavy (non-hydrogen) atoms. The first-order valence-corrected chi connectivity index (χ1v) is 7.47. The van der Waals surface area contributed by atoms with E-state index < -0.39 is 0 Å². The molecular weight excluding hydrogens is 194 g/mol. The van der Waals surface area contributed by atoms with E-state index in [1.165, 1.54) is 38.6 Å². The summed E-state index contributed by atoms with van der Waals surface area (Å²) in [6.07, 6.45) is 9.03. The smallest absolute Gasteiger partial charge is 0.00954 e. The van der Waals surface area contributed by atoms with Crippen molar-refractivity contribution in [3.05, 3.63) is 0 Å². The van der Waals surface area contributed by atoms with Crippen molar-refractivity contribution in [2.24, 2.45) is 29.6 Å². The molecule has 0 radical (unpaired) electrons. The first-order valence-electron chi connectivity index (χ1n) is 7.47. The van der Waals surface area contributed by atoms with Crippen LogP contribution in [0.4, 0.5) is 0 Å². The van der Waals surface area contributed by atoms with Gasteiger partial charge in [-0.2, -0.15) is 0 Å². The summed E-state index contributed by atoms with van der Waals surface area (Å²) in [6, 6.07) is 0.828. The molecule has 0 aromatic heterocycles. The number of nitrogens with one attached hydrogen (secondary N) is 1. The Balaban J connectivity index is 1.47. The van der Waals surface area contributed by atoms with E-state index in [1.54, 1.807) is 6.42 Å². The van der Waals surface area contributed by atoms with Crippen molar-refractivity contribution in [2.75, 3.05) is 6.54 Å². The van der Waals surface area contributed by atoms with Crippen molar-refractivity contribution < 1.29 is 0 Å². The highest BCUT2D eigenvalue weighted by Gasteiger charge is 2.39. The molecule has 0 aromatic rings. The fourth-order valence-electron chi connectivity index (χ4n) is 4.58. The Bertz CT molecular complexity index is 246. The Morgan fingerprint density at radius 2 is 1.88 bits per heavy atom. The van der Waals surface area contributed by atoms with Crippen LogP contribution in [0.15, 0.2) is 0 Å². The zero-order valence-electron chi connectivity index (χ0n) is 10.9. The topological polar surface area (TPSA) is 12.0 Å². The van der Waals surface area contributed by atoms with Crippen LogP contribution in [0, 0.1) is 29.6 Å². The second-order valence-corrected chi connectivity index (χ2v) is 6.86. The van der Waals surface area contributed by atoms with Gasteiger partial charge in [0, 0.05) is 6.04 Å². The quantitative estimate of drug-likeness (QED) is 0.769. The van der Waals surface area contributed by atoms with Crippen molar-refractivity contribution in [1.82, 2.24) is 5.32 Å². The maximum atomic E-state index is 3.89. The Hall–Kier alpha value is -0.0400. The average Bonchev–Trinajstić information content (AvgIpc) is 2.95. The standard InChI is InChI=1S/C15H27N/c1-10-3-6-15(11(10)2)16-9-14-8-12-4-5-13(14)7-12/h10-16H,3-9H2,1-2H3. The Morgan fingerprint density at radius 3 is 2.44 bits per heavy atom. The van der Waals surface area contributed by atoms with Gasteiger partial charge in [0.1, 0.15) is 0 Å². The highest BCUT2D eigenvalue weighted by molar-refractivity contribution is 4.92. The lowest BCUT2D eigenvalue weighted by atomic mass is 9.88. The fourth-order valence-corrected chi connectivity index (χ4v) is 4.58. The van der Waals surface area contributed by atoms with Crippen LogP contribution >= 0.6 is 0 Å². The van der Waals surface area contributed by atoms with Crippen LogP contribution in [0.3, 0.4) is 0 Å². The third-order valence-electron chi connectivity index (χ3n) is 5.99. The van der Waals surface area contributed by atoms with Crippen molar-refractivity contribution >= 4 is 0 Å². The average molecular weight is 221 g/mol. The summed E-state index contributed by atoms with van der Waals surface area (Å²) in [5.41, 5.74) is 0. The van der Waals surface area contributed by atoms with E-state index >= 15 is 0 Å². The molecule has 1 heteroatoms. The molecule has 6 atom stereocenters. The van der Waals surface area contributed by atoms with Crippen molar-refractivity contribution in [3.8, 4) is 0 Å². The molecule has 3 aliphatic rings. The zero-order chi connectivity index (χ0) is 11.1. The first kappa shape index (κ1) is 11.1. The molecular formula is C15H27N. The zero-order valence-corrected chi connectivity index (χ0v) is 10.9. The van der Waals surface area contributed by atoms with Gasteiger partial charge in [-0.05, 0) is 68.2 Å². The summed E-state index contributed by atoms with van der Waals surface area (Å²) < 4.78 is 0. The Morgan fingerprint density at radius 1 is 1.00 bits per heavy atom. The van der Waals surface area contributed by atoms with Gasteiger partial charge in [-0.3, -0.25) is 0 Å². The van der Waals surface area contributed by atoms with Crippen LogP contribution in [0.1, 0.15) is 52.4 Å². The van der Waals surface area contributed by atoms with Gasteiger partial charge in [0.05, 0.1) is 0 Å². The molecule has 3 saturated carbocycles. The summed E-state index contributed by atoms with van der Waals surface area (Å²) in [4.78, 5) is 0. The second-order valence-electron chi connectivity index (χ2n) is 6.86. The fraction of sp³-hybridized carbons (Fsp3) is 1.00. The Labute approximate surface area is 100 Å². The lowest BCUT2D eigenvalue weighted by Crippen LogP contribution is -2.37. The SMILES string of the molecule is CC1CCC(NCC2CC3CCC2C3)C1C. The monoisotopic (exact) mass is 221 g/mol. The van der Waals surface area contributed by atoms with E-state index in [0.717, 1.165) is 35.6 Å². The van der Waals surface area contributed by atoms with Crippen molar-refractivity contribution in [3.63, 3.8) is 0 Å². The number of fused-ring (bicyclic) bond motifs is 2. The van der Waals surface area contributed by atoms with E-state index in [4.69, 9.17) is 0 Å². The van der Waals surface area contributed by atoms with Crippen LogP contribution < -0.4 is 5.32 Å². The maximum Gasteiger partial charge on any atom is 0.00954 e. The summed E-state index contributed by atoms with van der Waals surface area (Å²) in [5, 5.41) is 3.89. The van der Waals surface area contributed by atoms with Crippen LogP contribution in [0.5, 0.6) is 0 Å². The lowest BCUT2D eigenvalue weighted by Gasteiger charge is -2.26. The van der Waals surface area contributed by atoms with Crippen molar-refractivity contribution in [1.29, 1.82) is 0 Å². The molecule has 0 aromatic carbocycles.